The van der Waals surface area contributed by atoms with Gasteiger partial charge in [0.2, 0.25) is 0 Å². The van der Waals surface area contributed by atoms with Crippen molar-refractivity contribution in [1.29, 1.82) is 0 Å². The fourth-order valence-electron chi connectivity index (χ4n) is 0.862. The van der Waals surface area contributed by atoms with Gasteiger partial charge in [0, 0.05) is 6.42 Å². The quantitative estimate of drug-likeness (QED) is 0.549. The summed E-state index contributed by atoms with van der Waals surface area (Å²) in [6, 6.07) is 0. The molecule has 10 heavy (non-hydrogen) atoms. The lowest BCUT2D eigenvalue weighted by Crippen LogP contribution is -1.90. The fourth-order valence-corrected chi connectivity index (χ4v) is 0.862. The van der Waals surface area contributed by atoms with E-state index in [-0.39, 0.29) is 5.78 Å². The van der Waals surface area contributed by atoms with Gasteiger partial charge in [0.1, 0.15) is 5.78 Å². The number of hydrogen-bond donors (Lipinski definition) is 0. The third kappa shape index (κ3) is 4.30. The summed E-state index contributed by atoms with van der Waals surface area (Å²) >= 11 is 0. The van der Waals surface area contributed by atoms with E-state index in [0.717, 1.165) is 12.8 Å². The van der Waals surface area contributed by atoms with Crippen molar-refractivity contribution in [3.63, 3.8) is 0 Å². The van der Waals surface area contributed by atoms with Gasteiger partial charge in [0.15, 0.2) is 0 Å². The summed E-state index contributed by atoms with van der Waals surface area (Å²) < 4.78 is 0. The molecular weight excluding hydrogens is 124 g/mol. The van der Waals surface area contributed by atoms with Crippen LogP contribution in [0.15, 0.2) is 11.6 Å². The first-order valence-electron chi connectivity index (χ1n) is 3.84. The van der Waals surface area contributed by atoms with Crippen LogP contribution >= 0.6 is 0 Å². The molecule has 58 valence electrons. The first kappa shape index (κ1) is 9.41. The molecule has 1 heteroatoms. The SMILES string of the molecule is C/C=C(\CC)CCC(C)=O. The number of carbonyl (C=O) groups is 1. The van der Waals surface area contributed by atoms with E-state index in [2.05, 4.69) is 13.0 Å². The minimum Gasteiger partial charge on any atom is -0.300 e. The fraction of sp³-hybridized carbons (Fsp3) is 0.667. The highest BCUT2D eigenvalue weighted by Gasteiger charge is 1.95. The third-order valence-electron chi connectivity index (χ3n) is 1.66. The summed E-state index contributed by atoms with van der Waals surface area (Å²) in [4.78, 5) is 10.6. The Morgan fingerprint density at radius 3 is 2.30 bits per heavy atom. The Labute approximate surface area is 63.1 Å². The topological polar surface area (TPSA) is 17.1 Å². The zero-order chi connectivity index (χ0) is 7.98. The summed E-state index contributed by atoms with van der Waals surface area (Å²) in [5.74, 6) is 0.285. The third-order valence-corrected chi connectivity index (χ3v) is 1.66. The van der Waals surface area contributed by atoms with Crippen LogP contribution in [0.4, 0.5) is 0 Å². The Morgan fingerprint density at radius 1 is 1.40 bits per heavy atom. The van der Waals surface area contributed by atoms with Crippen molar-refractivity contribution >= 4 is 5.78 Å². The highest BCUT2D eigenvalue weighted by molar-refractivity contribution is 5.75. The molecule has 0 aromatic rings. The molecule has 0 saturated carbocycles. The molecule has 0 fully saturated rings. The number of hydrogen-bond acceptors (Lipinski definition) is 1. The first-order chi connectivity index (χ1) is 4.70. The molecule has 0 aromatic heterocycles. The van der Waals surface area contributed by atoms with Crippen LogP contribution in [0.1, 0.15) is 40.0 Å². The van der Waals surface area contributed by atoms with Crippen molar-refractivity contribution in [2.45, 2.75) is 40.0 Å². The molecule has 0 spiro atoms. The Morgan fingerprint density at radius 2 is 2.00 bits per heavy atom. The number of rotatable bonds is 4. The predicted octanol–water partition coefficient (Wildman–Crippen LogP) is 2.71. The highest BCUT2D eigenvalue weighted by atomic mass is 16.1. The second-order valence-electron chi connectivity index (χ2n) is 2.50. The average Bonchev–Trinajstić information content (AvgIpc) is 1.90. The Kier molecular flexibility index (Phi) is 4.91. The maximum Gasteiger partial charge on any atom is 0.130 e. The summed E-state index contributed by atoms with van der Waals surface area (Å²) in [5.41, 5.74) is 1.38. The number of ketones is 1. The van der Waals surface area contributed by atoms with E-state index < -0.39 is 0 Å². The van der Waals surface area contributed by atoms with Crippen LogP contribution in [-0.4, -0.2) is 5.78 Å². The van der Waals surface area contributed by atoms with Crippen molar-refractivity contribution < 1.29 is 4.79 Å². The average molecular weight is 140 g/mol. The lowest BCUT2D eigenvalue weighted by molar-refractivity contribution is -0.116. The molecule has 0 radical (unpaired) electrons. The zero-order valence-electron chi connectivity index (χ0n) is 7.11. The lowest BCUT2D eigenvalue weighted by atomic mass is 10.1. The van der Waals surface area contributed by atoms with Crippen molar-refractivity contribution in [1.82, 2.24) is 0 Å². The Balaban J connectivity index is 3.56. The lowest BCUT2D eigenvalue weighted by Gasteiger charge is -1.99. The van der Waals surface area contributed by atoms with Crippen molar-refractivity contribution in [3.05, 3.63) is 11.6 Å². The zero-order valence-corrected chi connectivity index (χ0v) is 7.11. The van der Waals surface area contributed by atoms with E-state index in [4.69, 9.17) is 0 Å². The van der Waals surface area contributed by atoms with Crippen molar-refractivity contribution in [2.24, 2.45) is 0 Å². The molecule has 0 bridgehead atoms. The Hall–Kier alpha value is -0.590. The molecule has 0 unspecified atom stereocenters. The second-order valence-corrected chi connectivity index (χ2v) is 2.50. The van der Waals surface area contributed by atoms with Gasteiger partial charge in [-0.3, -0.25) is 0 Å². The molecule has 0 heterocycles. The summed E-state index contributed by atoms with van der Waals surface area (Å²) in [6.45, 7) is 5.79. The minimum absolute atomic E-state index is 0.285. The number of allylic oxidation sites excluding steroid dienone is 2. The first-order valence-corrected chi connectivity index (χ1v) is 3.84. The molecule has 0 aliphatic heterocycles. The smallest absolute Gasteiger partial charge is 0.130 e. The van der Waals surface area contributed by atoms with Crippen molar-refractivity contribution in [2.75, 3.05) is 0 Å². The summed E-state index contributed by atoms with van der Waals surface area (Å²) in [7, 11) is 0. The maximum atomic E-state index is 10.6. The normalized spacial score (nSPS) is 11.7. The van der Waals surface area contributed by atoms with Gasteiger partial charge in [-0.1, -0.05) is 18.6 Å². The van der Waals surface area contributed by atoms with Crippen LogP contribution in [-0.2, 0) is 4.79 Å². The van der Waals surface area contributed by atoms with Gasteiger partial charge in [-0.05, 0) is 26.7 Å². The van der Waals surface area contributed by atoms with Gasteiger partial charge in [-0.25, -0.2) is 0 Å². The monoisotopic (exact) mass is 140 g/mol. The molecule has 0 atom stereocenters. The second kappa shape index (κ2) is 5.21. The van der Waals surface area contributed by atoms with Crippen LogP contribution in [0.3, 0.4) is 0 Å². The standard InChI is InChI=1S/C9H16O/c1-4-9(5-2)7-6-8(3)10/h4H,5-7H2,1-3H3/b9-4+. The van der Waals surface area contributed by atoms with Crippen LogP contribution < -0.4 is 0 Å². The van der Waals surface area contributed by atoms with E-state index in [0.29, 0.717) is 6.42 Å². The molecule has 0 aromatic carbocycles. The van der Waals surface area contributed by atoms with Crippen LogP contribution in [0.25, 0.3) is 0 Å². The molecule has 0 aliphatic rings. The largest absolute Gasteiger partial charge is 0.300 e. The highest BCUT2D eigenvalue weighted by Crippen LogP contribution is 2.08. The molecule has 0 aliphatic carbocycles. The van der Waals surface area contributed by atoms with Crippen molar-refractivity contribution in [3.8, 4) is 0 Å². The van der Waals surface area contributed by atoms with Gasteiger partial charge >= 0.3 is 0 Å². The van der Waals surface area contributed by atoms with E-state index in [1.54, 1.807) is 6.92 Å². The maximum absolute atomic E-state index is 10.6. The Bertz CT molecular complexity index is 134. The van der Waals surface area contributed by atoms with Gasteiger partial charge in [0.05, 0.1) is 0 Å². The van der Waals surface area contributed by atoms with E-state index >= 15 is 0 Å². The van der Waals surface area contributed by atoms with E-state index in [1.807, 2.05) is 6.92 Å². The van der Waals surface area contributed by atoms with Crippen LogP contribution in [0.5, 0.6) is 0 Å². The molecule has 0 saturated heterocycles. The number of carbonyl (C=O) groups excluding carboxylic acids is 1. The van der Waals surface area contributed by atoms with Crippen LogP contribution in [0.2, 0.25) is 0 Å². The van der Waals surface area contributed by atoms with Gasteiger partial charge in [0.25, 0.3) is 0 Å². The van der Waals surface area contributed by atoms with Gasteiger partial charge in [-0.15, -0.1) is 0 Å². The minimum atomic E-state index is 0.285. The van der Waals surface area contributed by atoms with Gasteiger partial charge < -0.3 is 4.79 Å². The molecule has 0 amide bonds. The molecular formula is C9H16O. The summed E-state index contributed by atoms with van der Waals surface area (Å²) in [6.07, 6.45) is 4.82. The van der Waals surface area contributed by atoms with E-state index in [1.165, 1.54) is 5.57 Å². The number of Topliss-reactive ketones (excluding diaryl/α,β-unsaturated/α-hetero) is 1. The van der Waals surface area contributed by atoms with E-state index in [9.17, 15) is 4.79 Å². The molecule has 0 N–H and O–H groups in total. The molecule has 1 nitrogen and oxygen atoms in total. The van der Waals surface area contributed by atoms with Crippen LogP contribution in [0, 0.1) is 0 Å². The predicted molar refractivity (Wildman–Crippen MR) is 44.0 cm³/mol. The molecule has 0 rings (SSSR count). The summed E-state index contributed by atoms with van der Waals surface area (Å²) in [5, 5.41) is 0. The van der Waals surface area contributed by atoms with Gasteiger partial charge in [-0.2, -0.15) is 0 Å².